The fraction of sp³-hybridized carbons (Fsp3) is 0.833. The van der Waals surface area contributed by atoms with Crippen molar-refractivity contribution in [1.82, 2.24) is 4.90 Å². The molecule has 1 aliphatic heterocycles. The molecule has 3 unspecified atom stereocenters. The molecule has 0 radical (unpaired) electrons. The normalized spacial score (nSPS) is 29.3. The number of carbonyl (C=O) groups excluding carboxylic acids is 1. The van der Waals surface area contributed by atoms with Crippen LogP contribution in [0.1, 0.15) is 32.6 Å². The molecule has 18 heavy (non-hydrogen) atoms. The minimum absolute atomic E-state index is 0.0214. The average molecular weight is 272 g/mol. The summed E-state index contributed by atoms with van der Waals surface area (Å²) in [4.78, 5) is 25.0. The summed E-state index contributed by atoms with van der Waals surface area (Å²) in [6, 6.07) is -0.673. The average Bonchev–Trinajstić information content (AvgIpc) is 3.04. The summed E-state index contributed by atoms with van der Waals surface area (Å²) in [7, 11) is 0. The van der Waals surface area contributed by atoms with Crippen LogP contribution in [0.2, 0.25) is 0 Å². The van der Waals surface area contributed by atoms with Gasteiger partial charge in [0.05, 0.1) is 5.37 Å². The second-order valence-electron chi connectivity index (χ2n) is 5.23. The first-order valence-electron chi connectivity index (χ1n) is 6.42. The Bertz CT molecular complexity index is 344. The zero-order chi connectivity index (χ0) is 13.3. The molecule has 2 fully saturated rings. The van der Waals surface area contributed by atoms with Gasteiger partial charge in [-0.2, -0.15) is 0 Å². The molecule has 6 heteroatoms. The van der Waals surface area contributed by atoms with Crippen LogP contribution in [0, 0.1) is 5.92 Å². The molecular formula is C12H20N2O3S. The molecule has 3 atom stereocenters. The highest BCUT2D eigenvalue weighted by Gasteiger charge is 2.47. The first-order chi connectivity index (χ1) is 8.50. The smallest absolute Gasteiger partial charge is 0.327 e. The lowest BCUT2D eigenvalue weighted by Gasteiger charge is -2.27. The van der Waals surface area contributed by atoms with E-state index >= 15 is 0 Å². The number of thioether (sulfide) groups is 1. The number of nitrogens with two attached hydrogens (primary N) is 1. The third-order valence-electron chi connectivity index (χ3n) is 3.45. The summed E-state index contributed by atoms with van der Waals surface area (Å²) in [5.41, 5.74) is 5.65. The standard InChI is InChI=1S/C12H20N2O3S/c1-7(13)2-5-10(15)14-9(12(16)17)6-18-11(14)8-3-4-8/h7-9,11H,2-6,13H2,1H3,(H,16,17). The zero-order valence-electron chi connectivity index (χ0n) is 10.5. The van der Waals surface area contributed by atoms with Crippen LogP contribution in [0.25, 0.3) is 0 Å². The van der Waals surface area contributed by atoms with Crippen molar-refractivity contribution >= 4 is 23.6 Å². The van der Waals surface area contributed by atoms with Crippen LogP contribution in [0.4, 0.5) is 0 Å². The highest BCUT2D eigenvalue weighted by atomic mass is 32.2. The van der Waals surface area contributed by atoms with E-state index in [0.29, 0.717) is 24.5 Å². The van der Waals surface area contributed by atoms with Crippen LogP contribution in [-0.2, 0) is 9.59 Å². The van der Waals surface area contributed by atoms with E-state index in [9.17, 15) is 14.7 Å². The summed E-state index contributed by atoms with van der Waals surface area (Å²) >= 11 is 1.61. The van der Waals surface area contributed by atoms with Crippen LogP contribution in [0.15, 0.2) is 0 Å². The molecule has 102 valence electrons. The topological polar surface area (TPSA) is 83.6 Å². The van der Waals surface area contributed by atoms with Gasteiger partial charge in [-0.1, -0.05) is 0 Å². The van der Waals surface area contributed by atoms with Gasteiger partial charge in [-0.25, -0.2) is 4.79 Å². The van der Waals surface area contributed by atoms with Crippen LogP contribution in [0.3, 0.4) is 0 Å². The molecule has 1 aliphatic carbocycles. The molecule has 3 N–H and O–H groups in total. The first kappa shape index (κ1) is 13.7. The number of hydrogen-bond acceptors (Lipinski definition) is 4. The fourth-order valence-corrected chi connectivity index (χ4v) is 3.91. The minimum Gasteiger partial charge on any atom is -0.480 e. The number of hydrogen-bond donors (Lipinski definition) is 2. The van der Waals surface area contributed by atoms with Crippen molar-refractivity contribution in [3.05, 3.63) is 0 Å². The molecule has 0 bridgehead atoms. The van der Waals surface area contributed by atoms with Gasteiger partial charge in [0.15, 0.2) is 0 Å². The molecule has 0 spiro atoms. The van der Waals surface area contributed by atoms with Crippen molar-refractivity contribution in [2.24, 2.45) is 11.7 Å². The minimum atomic E-state index is -0.889. The van der Waals surface area contributed by atoms with Crippen LogP contribution >= 0.6 is 11.8 Å². The Kier molecular flexibility index (Phi) is 4.17. The molecule has 0 aromatic heterocycles. The Morgan fingerprint density at radius 2 is 2.17 bits per heavy atom. The van der Waals surface area contributed by atoms with Gasteiger partial charge in [0, 0.05) is 18.2 Å². The zero-order valence-corrected chi connectivity index (χ0v) is 11.4. The van der Waals surface area contributed by atoms with E-state index in [1.807, 2.05) is 6.92 Å². The van der Waals surface area contributed by atoms with Gasteiger partial charge in [-0.15, -0.1) is 11.8 Å². The van der Waals surface area contributed by atoms with Crippen molar-refractivity contribution in [1.29, 1.82) is 0 Å². The summed E-state index contributed by atoms with van der Waals surface area (Å²) in [5.74, 6) is 0.0699. The maximum atomic E-state index is 12.2. The van der Waals surface area contributed by atoms with Gasteiger partial charge in [0.2, 0.25) is 5.91 Å². The number of carbonyl (C=O) groups is 2. The van der Waals surface area contributed by atoms with Gasteiger partial charge in [0.25, 0.3) is 0 Å². The molecule has 2 rings (SSSR count). The molecule has 0 aromatic carbocycles. The third-order valence-corrected chi connectivity index (χ3v) is 4.91. The summed E-state index contributed by atoms with van der Waals surface area (Å²) in [6.45, 7) is 1.86. The van der Waals surface area contributed by atoms with Gasteiger partial charge in [-0.05, 0) is 32.1 Å². The highest BCUT2D eigenvalue weighted by Crippen LogP contribution is 2.45. The monoisotopic (exact) mass is 272 g/mol. The molecular weight excluding hydrogens is 252 g/mol. The van der Waals surface area contributed by atoms with Gasteiger partial charge < -0.3 is 15.7 Å². The summed E-state index contributed by atoms with van der Waals surface area (Å²) in [5, 5.41) is 9.27. The number of nitrogens with zero attached hydrogens (tertiary/aromatic N) is 1. The quantitative estimate of drug-likeness (QED) is 0.776. The lowest BCUT2D eigenvalue weighted by molar-refractivity contribution is -0.149. The summed E-state index contributed by atoms with van der Waals surface area (Å²) in [6.07, 6.45) is 3.19. The van der Waals surface area contributed by atoms with Crippen LogP contribution < -0.4 is 5.73 Å². The molecule has 1 amide bonds. The van der Waals surface area contributed by atoms with Gasteiger partial charge in [0.1, 0.15) is 6.04 Å². The van der Waals surface area contributed by atoms with E-state index in [-0.39, 0.29) is 17.3 Å². The number of carboxylic acids is 1. The molecule has 1 heterocycles. The predicted molar refractivity (Wildman–Crippen MR) is 70.1 cm³/mol. The number of amides is 1. The van der Waals surface area contributed by atoms with Crippen LogP contribution in [-0.4, -0.2) is 45.1 Å². The Morgan fingerprint density at radius 1 is 1.50 bits per heavy atom. The molecule has 1 saturated heterocycles. The second kappa shape index (κ2) is 5.48. The molecule has 5 nitrogen and oxygen atoms in total. The van der Waals surface area contributed by atoms with Crippen molar-refractivity contribution < 1.29 is 14.7 Å². The predicted octanol–water partition coefficient (Wildman–Crippen LogP) is 0.879. The van der Waals surface area contributed by atoms with Crippen molar-refractivity contribution in [3.63, 3.8) is 0 Å². The number of carboxylic acid groups (broad SMARTS) is 1. The fourth-order valence-electron chi connectivity index (χ4n) is 2.26. The Hall–Kier alpha value is -0.750. The molecule has 2 aliphatic rings. The number of aliphatic carboxylic acids is 1. The van der Waals surface area contributed by atoms with Crippen molar-refractivity contribution in [2.45, 2.75) is 50.1 Å². The molecule has 0 aromatic rings. The summed E-state index contributed by atoms with van der Waals surface area (Å²) < 4.78 is 0. The second-order valence-corrected chi connectivity index (χ2v) is 6.38. The van der Waals surface area contributed by atoms with E-state index in [0.717, 1.165) is 12.8 Å². The Morgan fingerprint density at radius 3 is 2.67 bits per heavy atom. The van der Waals surface area contributed by atoms with Crippen molar-refractivity contribution in [2.75, 3.05) is 5.75 Å². The Balaban J connectivity index is 2.03. The van der Waals surface area contributed by atoms with E-state index < -0.39 is 12.0 Å². The van der Waals surface area contributed by atoms with Gasteiger partial charge >= 0.3 is 5.97 Å². The molecule has 1 saturated carbocycles. The van der Waals surface area contributed by atoms with E-state index in [2.05, 4.69) is 0 Å². The van der Waals surface area contributed by atoms with E-state index in [4.69, 9.17) is 5.73 Å². The highest BCUT2D eigenvalue weighted by molar-refractivity contribution is 8.00. The third kappa shape index (κ3) is 2.98. The van der Waals surface area contributed by atoms with Gasteiger partial charge in [-0.3, -0.25) is 4.79 Å². The lowest BCUT2D eigenvalue weighted by Crippen LogP contribution is -2.46. The Labute approximate surface area is 111 Å². The van der Waals surface area contributed by atoms with Crippen molar-refractivity contribution in [3.8, 4) is 0 Å². The first-order valence-corrected chi connectivity index (χ1v) is 7.46. The number of rotatable bonds is 5. The SMILES string of the molecule is CC(N)CCC(=O)N1C(C(=O)O)CSC1C1CC1. The maximum absolute atomic E-state index is 12.2. The van der Waals surface area contributed by atoms with E-state index in [1.54, 1.807) is 16.7 Å². The van der Waals surface area contributed by atoms with Crippen LogP contribution in [0.5, 0.6) is 0 Å². The lowest BCUT2D eigenvalue weighted by atomic mass is 10.1. The maximum Gasteiger partial charge on any atom is 0.327 e. The largest absolute Gasteiger partial charge is 0.480 e. The van der Waals surface area contributed by atoms with E-state index in [1.165, 1.54) is 0 Å².